The molecule has 0 amide bonds. The fourth-order valence-corrected chi connectivity index (χ4v) is 4.26. The van der Waals surface area contributed by atoms with Crippen molar-refractivity contribution in [2.45, 2.75) is 0 Å². The average Bonchev–Trinajstić information content (AvgIpc) is 2.93. The third kappa shape index (κ3) is 3.97. The summed E-state index contributed by atoms with van der Waals surface area (Å²) in [4.78, 5) is 26.3. The van der Waals surface area contributed by atoms with Crippen LogP contribution >= 0.6 is 0 Å². The van der Waals surface area contributed by atoms with E-state index in [0.29, 0.717) is 12.1 Å². The molecular formula is C26H8F10N2O4. The molecule has 1 aliphatic carbocycles. The highest BCUT2D eigenvalue weighted by Gasteiger charge is 2.42. The molecule has 0 fully saturated rings. The van der Waals surface area contributed by atoms with Crippen molar-refractivity contribution in [3.8, 4) is 11.5 Å². The normalized spacial score (nSPS) is 12.3. The van der Waals surface area contributed by atoms with Gasteiger partial charge >= 0.3 is 0 Å². The molecule has 0 heterocycles. The number of rotatable bonds is 4. The van der Waals surface area contributed by atoms with E-state index in [1.54, 1.807) is 0 Å². The summed E-state index contributed by atoms with van der Waals surface area (Å²) < 4.78 is 145. The number of nitrogens with one attached hydrogen (secondary N) is 2. The van der Waals surface area contributed by atoms with E-state index in [-0.39, 0.29) is 12.1 Å². The largest absolute Gasteiger partial charge is 0.507 e. The van der Waals surface area contributed by atoms with E-state index in [1.807, 2.05) is 0 Å². The lowest BCUT2D eigenvalue weighted by atomic mass is 9.81. The van der Waals surface area contributed by atoms with Gasteiger partial charge in [0.1, 0.15) is 34.2 Å². The first-order valence-corrected chi connectivity index (χ1v) is 11.1. The lowest BCUT2D eigenvalue weighted by Gasteiger charge is -2.25. The number of aromatic hydroxyl groups is 2. The second-order valence-electron chi connectivity index (χ2n) is 8.58. The summed E-state index contributed by atoms with van der Waals surface area (Å²) >= 11 is 0. The molecule has 0 atom stereocenters. The van der Waals surface area contributed by atoms with Crippen molar-refractivity contribution < 1.29 is 63.7 Å². The van der Waals surface area contributed by atoms with Crippen molar-refractivity contribution in [1.29, 1.82) is 0 Å². The van der Waals surface area contributed by atoms with Crippen LogP contribution in [0.5, 0.6) is 11.5 Å². The molecule has 0 aromatic heterocycles. The minimum absolute atomic E-state index is 0.270. The minimum atomic E-state index is -2.25. The van der Waals surface area contributed by atoms with Crippen LogP contribution in [0.1, 0.15) is 31.8 Å². The summed E-state index contributed by atoms with van der Waals surface area (Å²) in [6.07, 6.45) is 0. The third-order valence-corrected chi connectivity index (χ3v) is 6.17. The predicted octanol–water partition coefficient (Wildman–Crippen LogP) is 6.75. The Morgan fingerprint density at radius 2 is 0.714 bits per heavy atom. The highest BCUT2D eigenvalue weighted by atomic mass is 19.2. The number of phenolic OH excluding ortho intramolecular Hbond substituents is 2. The quantitative estimate of drug-likeness (QED) is 0.103. The third-order valence-electron chi connectivity index (χ3n) is 6.17. The van der Waals surface area contributed by atoms with Gasteiger partial charge in [-0.1, -0.05) is 0 Å². The molecule has 0 aliphatic heterocycles. The molecule has 0 saturated heterocycles. The van der Waals surface area contributed by atoms with Crippen LogP contribution in [0.15, 0.2) is 24.3 Å². The topological polar surface area (TPSA) is 98.7 Å². The van der Waals surface area contributed by atoms with E-state index in [0.717, 1.165) is 0 Å². The van der Waals surface area contributed by atoms with Gasteiger partial charge in [-0.25, -0.2) is 43.9 Å². The molecule has 4 N–H and O–H groups in total. The Bertz CT molecular complexity index is 1720. The number of ketones is 2. The molecule has 4 aromatic carbocycles. The van der Waals surface area contributed by atoms with Gasteiger partial charge in [0, 0.05) is 12.1 Å². The van der Waals surface area contributed by atoms with Crippen molar-refractivity contribution >= 4 is 34.3 Å². The highest BCUT2D eigenvalue weighted by Crippen LogP contribution is 2.46. The Kier molecular flexibility index (Phi) is 6.51. The van der Waals surface area contributed by atoms with E-state index >= 15 is 8.78 Å². The monoisotopic (exact) mass is 602 g/mol. The van der Waals surface area contributed by atoms with Crippen LogP contribution in [-0.4, -0.2) is 21.8 Å². The van der Waals surface area contributed by atoms with Crippen molar-refractivity contribution in [2.24, 2.45) is 0 Å². The number of hydrogen-bond acceptors (Lipinski definition) is 6. The smallest absolute Gasteiger partial charge is 0.201 e. The fourth-order valence-electron chi connectivity index (χ4n) is 4.26. The number of hydrogen-bond donors (Lipinski definition) is 4. The molecule has 16 heteroatoms. The standard InChI is InChI=1S/C26H8F10N2O4/c27-5-3-6(28)16(32)21(15(5)31)37-23-19(35)13-14(26(42)12-10(40)2-1-9(39)11(12)25(13)41)20(36)24(23)38-22-17(33)7(29)4-8(30)18(22)34/h1-4,37-40H. The molecular weight excluding hydrogens is 594 g/mol. The molecule has 0 radical (unpaired) electrons. The van der Waals surface area contributed by atoms with Gasteiger partial charge in [0.25, 0.3) is 0 Å². The zero-order chi connectivity index (χ0) is 30.9. The van der Waals surface area contributed by atoms with E-state index in [1.165, 1.54) is 10.6 Å². The van der Waals surface area contributed by atoms with Crippen LogP contribution in [0.4, 0.5) is 66.7 Å². The van der Waals surface area contributed by atoms with Crippen LogP contribution in [0, 0.1) is 58.2 Å². The van der Waals surface area contributed by atoms with Crippen LogP contribution in [0.2, 0.25) is 0 Å². The molecule has 1 aliphatic rings. The molecule has 0 unspecified atom stereocenters. The second-order valence-corrected chi connectivity index (χ2v) is 8.58. The summed E-state index contributed by atoms with van der Waals surface area (Å²) in [5.74, 6) is -27.1. The minimum Gasteiger partial charge on any atom is -0.507 e. The predicted molar refractivity (Wildman–Crippen MR) is 122 cm³/mol. The Balaban J connectivity index is 1.87. The van der Waals surface area contributed by atoms with Gasteiger partial charge in [0.05, 0.1) is 22.3 Å². The zero-order valence-corrected chi connectivity index (χ0v) is 19.8. The first kappa shape index (κ1) is 28.3. The number of benzene rings is 4. The van der Waals surface area contributed by atoms with Gasteiger partial charge in [0.15, 0.2) is 58.2 Å². The summed E-state index contributed by atoms with van der Waals surface area (Å²) in [6, 6.07) is 0.844. The van der Waals surface area contributed by atoms with Gasteiger partial charge in [-0.05, 0) is 12.1 Å². The van der Waals surface area contributed by atoms with Crippen molar-refractivity contribution in [2.75, 3.05) is 10.6 Å². The Labute approximate surface area is 225 Å². The van der Waals surface area contributed by atoms with Crippen LogP contribution < -0.4 is 10.6 Å². The van der Waals surface area contributed by atoms with Gasteiger partial charge in [-0.2, -0.15) is 0 Å². The van der Waals surface area contributed by atoms with Gasteiger partial charge in [0.2, 0.25) is 11.6 Å². The molecule has 0 saturated carbocycles. The summed E-state index contributed by atoms with van der Waals surface area (Å²) in [7, 11) is 0. The van der Waals surface area contributed by atoms with E-state index in [2.05, 4.69) is 0 Å². The molecule has 6 nitrogen and oxygen atoms in total. The number of halogens is 10. The van der Waals surface area contributed by atoms with Crippen LogP contribution in [0.3, 0.4) is 0 Å². The molecule has 4 aromatic rings. The van der Waals surface area contributed by atoms with Crippen LogP contribution in [0.25, 0.3) is 0 Å². The number of carbonyl (C=O) groups excluding carboxylic acids is 2. The molecule has 0 spiro atoms. The number of anilines is 4. The molecule has 216 valence electrons. The SMILES string of the molecule is O=C1c2c(O)ccc(O)c2C(=O)c2c(F)c(Nc3c(F)c(F)cc(F)c3F)c(Nc3c(F)c(F)cc(F)c3F)c(F)c21. The van der Waals surface area contributed by atoms with Gasteiger partial charge in [-0.3, -0.25) is 9.59 Å². The van der Waals surface area contributed by atoms with Crippen molar-refractivity contribution in [3.05, 3.63) is 105 Å². The van der Waals surface area contributed by atoms with Crippen molar-refractivity contribution in [3.63, 3.8) is 0 Å². The molecule has 5 rings (SSSR count). The van der Waals surface area contributed by atoms with Crippen molar-refractivity contribution in [1.82, 2.24) is 0 Å². The second kappa shape index (κ2) is 9.67. The molecule has 42 heavy (non-hydrogen) atoms. The highest BCUT2D eigenvalue weighted by molar-refractivity contribution is 6.31. The van der Waals surface area contributed by atoms with Crippen LogP contribution in [-0.2, 0) is 0 Å². The average molecular weight is 602 g/mol. The number of carbonyl (C=O) groups is 2. The number of fused-ring (bicyclic) bond motifs is 2. The Morgan fingerprint density at radius 3 is 1.00 bits per heavy atom. The maximum atomic E-state index is 16.0. The first-order valence-electron chi connectivity index (χ1n) is 11.1. The van der Waals surface area contributed by atoms with E-state index in [9.17, 15) is 54.9 Å². The first-order chi connectivity index (χ1) is 19.7. The Morgan fingerprint density at radius 1 is 0.429 bits per heavy atom. The van der Waals surface area contributed by atoms with E-state index < -0.39 is 126 Å². The Hall–Kier alpha value is -5.28. The summed E-state index contributed by atoms with van der Waals surface area (Å²) in [6.45, 7) is 0. The maximum Gasteiger partial charge on any atom is 0.201 e. The van der Waals surface area contributed by atoms with Gasteiger partial charge in [-0.15, -0.1) is 0 Å². The zero-order valence-electron chi connectivity index (χ0n) is 19.8. The summed E-state index contributed by atoms with van der Waals surface area (Å²) in [5, 5.41) is 23.0. The lowest BCUT2D eigenvalue weighted by molar-refractivity contribution is 0.0967. The summed E-state index contributed by atoms with van der Waals surface area (Å²) in [5.41, 5.74) is -12.5. The van der Waals surface area contributed by atoms with Gasteiger partial charge < -0.3 is 20.8 Å². The maximum absolute atomic E-state index is 16.0. The fraction of sp³-hybridized carbons (Fsp3) is 0. The number of phenols is 2. The lowest BCUT2D eigenvalue weighted by Crippen LogP contribution is -2.26. The molecule has 0 bridgehead atoms. The van der Waals surface area contributed by atoms with E-state index in [4.69, 9.17) is 0 Å².